The van der Waals surface area contributed by atoms with Crippen LogP contribution < -0.4 is 10.6 Å². The zero-order valence-electron chi connectivity index (χ0n) is 11.0. The molecule has 104 valence electrons. The van der Waals surface area contributed by atoms with E-state index in [1.807, 2.05) is 6.26 Å². The molecule has 0 saturated heterocycles. The molecule has 0 radical (unpaired) electrons. The minimum atomic E-state index is -1.44. The Morgan fingerprint density at radius 2 is 1.95 bits per heavy atom. The fourth-order valence-electron chi connectivity index (χ4n) is 1.56. The molecule has 0 bridgehead atoms. The number of carboxylic acids is 1. The number of carboxylic acid groups (broad SMARTS) is 1. The molecule has 1 aromatic carbocycles. The number of carbonyl (C=O) groups excluding carboxylic acids is 1. The maximum Gasteiger partial charge on any atom is 0.333 e. The van der Waals surface area contributed by atoms with Crippen LogP contribution in [0, 0.1) is 0 Å². The largest absolute Gasteiger partial charge is 0.479 e. The van der Waals surface area contributed by atoms with Crippen molar-refractivity contribution in [2.75, 3.05) is 18.6 Å². The molecule has 2 amide bonds. The minimum Gasteiger partial charge on any atom is -0.479 e. The fraction of sp³-hybridized carbons (Fsp3) is 0.385. The average molecular weight is 282 g/mol. The van der Waals surface area contributed by atoms with E-state index >= 15 is 0 Å². The Kier molecular flexibility index (Phi) is 5.69. The molecule has 5 nitrogen and oxygen atoms in total. The number of urea groups is 1. The van der Waals surface area contributed by atoms with Gasteiger partial charge in [-0.3, -0.25) is 0 Å². The van der Waals surface area contributed by atoms with E-state index in [1.165, 1.54) is 6.92 Å². The fourth-order valence-corrected chi connectivity index (χ4v) is 1.86. The number of benzene rings is 1. The summed E-state index contributed by atoms with van der Waals surface area (Å²) in [6.07, 6.45) is 1.94. The molecule has 1 rings (SSSR count). The summed E-state index contributed by atoms with van der Waals surface area (Å²) in [4.78, 5) is 23.2. The highest BCUT2D eigenvalue weighted by atomic mass is 32.2. The predicted molar refractivity (Wildman–Crippen MR) is 76.3 cm³/mol. The van der Waals surface area contributed by atoms with Crippen molar-refractivity contribution in [1.82, 2.24) is 10.6 Å². The number of hydrogen-bond acceptors (Lipinski definition) is 3. The molecule has 0 spiro atoms. The first-order valence-corrected chi connectivity index (χ1v) is 7.24. The summed E-state index contributed by atoms with van der Waals surface area (Å²) >= 11 is 1.61. The number of amides is 2. The third-order valence-corrected chi connectivity index (χ3v) is 3.35. The summed E-state index contributed by atoms with van der Waals surface area (Å²) < 4.78 is 0. The van der Waals surface area contributed by atoms with E-state index in [-0.39, 0.29) is 0 Å². The second kappa shape index (κ2) is 7.04. The Morgan fingerprint density at radius 1 is 1.32 bits per heavy atom. The Morgan fingerprint density at radius 3 is 2.47 bits per heavy atom. The van der Waals surface area contributed by atoms with Crippen LogP contribution in [0.2, 0.25) is 0 Å². The SMILES string of the molecule is CSCCNC(=O)NC(C)(C(=O)O)c1ccccc1. The highest BCUT2D eigenvalue weighted by Gasteiger charge is 2.36. The first-order valence-electron chi connectivity index (χ1n) is 5.84. The number of aliphatic carboxylic acids is 1. The van der Waals surface area contributed by atoms with Gasteiger partial charge in [0.2, 0.25) is 0 Å². The minimum absolute atomic E-state index is 0.484. The molecule has 1 atom stereocenters. The molecule has 0 aromatic heterocycles. The quantitative estimate of drug-likeness (QED) is 0.693. The van der Waals surface area contributed by atoms with Crippen LogP contribution in [0.1, 0.15) is 12.5 Å². The topological polar surface area (TPSA) is 78.4 Å². The molecule has 0 fully saturated rings. The highest BCUT2D eigenvalue weighted by Crippen LogP contribution is 2.20. The molecule has 0 saturated carbocycles. The molecule has 0 aliphatic carbocycles. The second-order valence-corrected chi connectivity index (χ2v) is 5.16. The van der Waals surface area contributed by atoms with E-state index in [9.17, 15) is 14.7 Å². The number of carbonyl (C=O) groups is 2. The number of thioether (sulfide) groups is 1. The average Bonchev–Trinajstić information content (AvgIpc) is 2.39. The summed E-state index contributed by atoms with van der Waals surface area (Å²) in [6.45, 7) is 1.97. The smallest absolute Gasteiger partial charge is 0.333 e. The van der Waals surface area contributed by atoms with Crippen molar-refractivity contribution in [3.8, 4) is 0 Å². The summed E-state index contributed by atoms with van der Waals surface area (Å²) in [5, 5.41) is 14.5. The van der Waals surface area contributed by atoms with Crippen LogP contribution in [0.15, 0.2) is 30.3 Å². The van der Waals surface area contributed by atoms with Gasteiger partial charge in [0.15, 0.2) is 5.54 Å². The lowest BCUT2D eigenvalue weighted by atomic mass is 9.92. The lowest BCUT2D eigenvalue weighted by Crippen LogP contribution is -2.53. The van der Waals surface area contributed by atoms with Gasteiger partial charge in [-0.1, -0.05) is 30.3 Å². The maximum atomic E-state index is 11.7. The number of hydrogen-bond donors (Lipinski definition) is 3. The maximum absolute atomic E-state index is 11.7. The van der Waals surface area contributed by atoms with Crippen molar-refractivity contribution < 1.29 is 14.7 Å². The van der Waals surface area contributed by atoms with Crippen LogP contribution in [0.25, 0.3) is 0 Å². The third kappa shape index (κ3) is 4.17. The van der Waals surface area contributed by atoms with E-state index in [0.717, 1.165) is 5.75 Å². The van der Waals surface area contributed by atoms with Crippen LogP contribution in [0.5, 0.6) is 0 Å². The van der Waals surface area contributed by atoms with Gasteiger partial charge < -0.3 is 15.7 Å². The first kappa shape index (κ1) is 15.4. The van der Waals surface area contributed by atoms with Gasteiger partial charge in [-0.25, -0.2) is 9.59 Å². The molecular formula is C13H18N2O3S. The Hall–Kier alpha value is -1.69. The predicted octanol–water partition coefficient (Wildman–Crippen LogP) is 1.65. The normalized spacial score (nSPS) is 13.4. The van der Waals surface area contributed by atoms with E-state index in [0.29, 0.717) is 12.1 Å². The molecule has 0 aliphatic heterocycles. The van der Waals surface area contributed by atoms with Crippen molar-refractivity contribution in [3.63, 3.8) is 0 Å². The van der Waals surface area contributed by atoms with Gasteiger partial charge in [-0.05, 0) is 18.7 Å². The standard InChI is InChI=1S/C13H18N2O3S/c1-13(11(16)17,10-6-4-3-5-7-10)15-12(18)14-8-9-19-2/h3-7H,8-9H2,1-2H3,(H,16,17)(H2,14,15,18). The summed E-state index contributed by atoms with van der Waals surface area (Å²) in [5.74, 6) is -0.318. The zero-order chi connectivity index (χ0) is 14.3. The van der Waals surface area contributed by atoms with Crippen LogP contribution in [0.4, 0.5) is 4.79 Å². The lowest BCUT2D eigenvalue weighted by molar-refractivity contribution is -0.144. The monoisotopic (exact) mass is 282 g/mol. The molecule has 3 N–H and O–H groups in total. The zero-order valence-corrected chi connectivity index (χ0v) is 11.8. The van der Waals surface area contributed by atoms with Gasteiger partial charge in [0.05, 0.1) is 0 Å². The highest BCUT2D eigenvalue weighted by molar-refractivity contribution is 7.98. The molecule has 1 unspecified atom stereocenters. The van der Waals surface area contributed by atoms with Crippen molar-refractivity contribution in [2.24, 2.45) is 0 Å². The van der Waals surface area contributed by atoms with Crippen LogP contribution >= 0.6 is 11.8 Å². The van der Waals surface area contributed by atoms with E-state index in [2.05, 4.69) is 10.6 Å². The Bertz CT molecular complexity index is 439. The van der Waals surface area contributed by atoms with Gasteiger partial charge in [0.1, 0.15) is 0 Å². The van der Waals surface area contributed by atoms with Gasteiger partial charge in [-0.15, -0.1) is 0 Å². The number of nitrogens with one attached hydrogen (secondary N) is 2. The molecule has 0 heterocycles. The summed E-state index contributed by atoms with van der Waals surface area (Å²) in [5.41, 5.74) is -0.910. The Balaban J connectivity index is 2.78. The van der Waals surface area contributed by atoms with Crippen LogP contribution in [-0.2, 0) is 10.3 Å². The summed E-state index contributed by atoms with van der Waals surface area (Å²) in [6, 6.07) is 8.15. The molecular weight excluding hydrogens is 264 g/mol. The van der Waals surface area contributed by atoms with Crippen molar-refractivity contribution >= 4 is 23.8 Å². The molecule has 1 aromatic rings. The van der Waals surface area contributed by atoms with Crippen LogP contribution in [-0.4, -0.2) is 35.7 Å². The van der Waals surface area contributed by atoms with Gasteiger partial charge in [0.25, 0.3) is 0 Å². The number of rotatable bonds is 6. The second-order valence-electron chi connectivity index (χ2n) is 4.17. The van der Waals surface area contributed by atoms with E-state index in [1.54, 1.807) is 42.1 Å². The Labute approximate surface area is 116 Å². The molecule has 0 aliphatic rings. The van der Waals surface area contributed by atoms with Crippen molar-refractivity contribution in [3.05, 3.63) is 35.9 Å². The van der Waals surface area contributed by atoms with Crippen LogP contribution in [0.3, 0.4) is 0 Å². The van der Waals surface area contributed by atoms with Crippen molar-refractivity contribution in [2.45, 2.75) is 12.5 Å². The van der Waals surface area contributed by atoms with Gasteiger partial charge >= 0.3 is 12.0 Å². The molecule has 19 heavy (non-hydrogen) atoms. The summed E-state index contributed by atoms with van der Waals surface area (Å²) in [7, 11) is 0. The van der Waals surface area contributed by atoms with Gasteiger partial charge in [-0.2, -0.15) is 11.8 Å². The van der Waals surface area contributed by atoms with Crippen molar-refractivity contribution in [1.29, 1.82) is 0 Å². The lowest BCUT2D eigenvalue weighted by Gasteiger charge is -2.26. The van der Waals surface area contributed by atoms with E-state index < -0.39 is 17.5 Å². The first-order chi connectivity index (χ1) is 9.00. The van der Waals surface area contributed by atoms with E-state index in [4.69, 9.17) is 0 Å². The molecule has 6 heteroatoms. The van der Waals surface area contributed by atoms with Gasteiger partial charge in [0, 0.05) is 12.3 Å². The third-order valence-electron chi connectivity index (χ3n) is 2.73.